The lowest BCUT2D eigenvalue weighted by molar-refractivity contribution is -0.858. The number of nitrogens with one attached hydrogen (secondary N) is 1. The maximum Gasteiger partial charge on any atom is 0.409 e. The van der Waals surface area contributed by atoms with Crippen LogP contribution >= 0.6 is 0 Å². The largest absolute Gasteiger partial charge is 0.443 e. The molecule has 0 saturated heterocycles. The van der Waals surface area contributed by atoms with E-state index < -0.39 is 0 Å². The zero-order valence-electron chi connectivity index (χ0n) is 7.68. The van der Waals surface area contributed by atoms with Crippen molar-refractivity contribution in [3.8, 4) is 0 Å². The van der Waals surface area contributed by atoms with Gasteiger partial charge in [0.2, 0.25) is 0 Å². The Morgan fingerprint density at radius 1 is 1.45 bits per heavy atom. The minimum atomic E-state index is -0.272. The molecule has 0 aliphatic rings. The SMILES string of the molecule is CN(C)C(=O)OCC[NH+](C)C. The van der Waals surface area contributed by atoms with Gasteiger partial charge in [0.25, 0.3) is 0 Å². The second kappa shape index (κ2) is 4.96. The van der Waals surface area contributed by atoms with E-state index in [4.69, 9.17) is 4.74 Å². The van der Waals surface area contributed by atoms with E-state index in [2.05, 4.69) is 0 Å². The van der Waals surface area contributed by atoms with Gasteiger partial charge in [-0.2, -0.15) is 0 Å². The Balaban J connectivity index is 3.32. The summed E-state index contributed by atoms with van der Waals surface area (Å²) >= 11 is 0. The van der Waals surface area contributed by atoms with E-state index in [0.29, 0.717) is 6.61 Å². The fourth-order valence-corrected chi connectivity index (χ4v) is 0.472. The maximum atomic E-state index is 10.8. The van der Waals surface area contributed by atoms with Crippen LogP contribution in [-0.4, -0.2) is 52.3 Å². The van der Waals surface area contributed by atoms with Crippen molar-refractivity contribution < 1.29 is 14.4 Å². The van der Waals surface area contributed by atoms with Crippen molar-refractivity contribution in [3.63, 3.8) is 0 Å². The molecule has 0 fully saturated rings. The Morgan fingerprint density at radius 3 is 2.36 bits per heavy atom. The Morgan fingerprint density at radius 2 is 2.00 bits per heavy atom. The van der Waals surface area contributed by atoms with Crippen molar-refractivity contribution in [3.05, 3.63) is 0 Å². The van der Waals surface area contributed by atoms with Crippen molar-refractivity contribution in [1.29, 1.82) is 0 Å². The number of hydrogen-bond acceptors (Lipinski definition) is 2. The Labute approximate surface area is 67.7 Å². The molecule has 0 aliphatic carbocycles. The first-order valence-electron chi connectivity index (χ1n) is 3.67. The lowest BCUT2D eigenvalue weighted by atomic mass is 10.6. The van der Waals surface area contributed by atoms with E-state index in [1.165, 1.54) is 9.80 Å². The molecule has 0 aromatic heterocycles. The predicted octanol–water partition coefficient (Wildman–Crippen LogP) is -1.17. The van der Waals surface area contributed by atoms with Gasteiger partial charge in [-0.05, 0) is 0 Å². The fraction of sp³-hybridized carbons (Fsp3) is 0.857. The molecule has 0 rings (SSSR count). The van der Waals surface area contributed by atoms with E-state index in [9.17, 15) is 4.79 Å². The smallest absolute Gasteiger partial charge is 0.409 e. The predicted molar refractivity (Wildman–Crippen MR) is 42.7 cm³/mol. The average molecular weight is 161 g/mol. The van der Waals surface area contributed by atoms with Crippen molar-refractivity contribution >= 4 is 6.09 Å². The topological polar surface area (TPSA) is 34.0 Å². The van der Waals surface area contributed by atoms with Crippen LogP contribution in [0.3, 0.4) is 0 Å². The average Bonchev–Trinajstić information content (AvgIpc) is 1.86. The summed E-state index contributed by atoms with van der Waals surface area (Å²) in [5.41, 5.74) is 0. The second-order valence-corrected chi connectivity index (χ2v) is 2.97. The number of ether oxygens (including phenoxy) is 1. The molecule has 0 radical (unpaired) electrons. The molecule has 0 aliphatic heterocycles. The molecule has 0 saturated carbocycles. The first-order chi connectivity index (χ1) is 5.04. The Kier molecular flexibility index (Phi) is 4.61. The van der Waals surface area contributed by atoms with Crippen molar-refractivity contribution in [2.45, 2.75) is 0 Å². The zero-order valence-corrected chi connectivity index (χ0v) is 7.68. The minimum Gasteiger partial charge on any atom is -0.443 e. The summed E-state index contributed by atoms with van der Waals surface area (Å²) < 4.78 is 4.88. The third-order valence-corrected chi connectivity index (χ3v) is 1.19. The first-order valence-corrected chi connectivity index (χ1v) is 3.67. The number of hydrogen-bond donors (Lipinski definition) is 1. The highest BCUT2D eigenvalue weighted by atomic mass is 16.6. The first kappa shape index (κ1) is 10.2. The normalized spacial score (nSPS) is 9.91. The van der Waals surface area contributed by atoms with E-state index in [-0.39, 0.29) is 6.09 Å². The molecule has 0 aromatic rings. The lowest BCUT2D eigenvalue weighted by Gasteiger charge is -2.11. The fourth-order valence-electron chi connectivity index (χ4n) is 0.472. The lowest BCUT2D eigenvalue weighted by Crippen LogP contribution is -3.06. The van der Waals surface area contributed by atoms with Crippen LogP contribution in [-0.2, 0) is 4.74 Å². The van der Waals surface area contributed by atoms with Gasteiger partial charge in [0.05, 0.1) is 14.1 Å². The van der Waals surface area contributed by atoms with Gasteiger partial charge < -0.3 is 14.5 Å². The van der Waals surface area contributed by atoms with Crippen LogP contribution in [0.2, 0.25) is 0 Å². The highest BCUT2D eigenvalue weighted by Crippen LogP contribution is 1.82. The van der Waals surface area contributed by atoms with Gasteiger partial charge in [0.15, 0.2) is 0 Å². The molecule has 0 bridgehead atoms. The van der Waals surface area contributed by atoms with Crippen molar-refractivity contribution in [1.82, 2.24) is 4.90 Å². The summed E-state index contributed by atoms with van der Waals surface area (Å²) in [5, 5.41) is 0. The second-order valence-electron chi connectivity index (χ2n) is 2.97. The third kappa shape index (κ3) is 5.66. The molecule has 0 aromatic carbocycles. The van der Waals surface area contributed by atoms with Crippen molar-refractivity contribution in [2.24, 2.45) is 0 Å². The van der Waals surface area contributed by atoms with E-state index >= 15 is 0 Å². The summed E-state index contributed by atoms with van der Waals surface area (Å²) in [6.45, 7) is 1.33. The number of rotatable bonds is 3. The summed E-state index contributed by atoms with van der Waals surface area (Å²) in [7, 11) is 7.38. The quantitative estimate of drug-likeness (QED) is 0.566. The summed E-state index contributed by atoms with van der Waals surface area (Å²) in [5.74, 6) is 0. The van der Waals surface area contributed by atoms with Crippen molar-refractivity contribution in [2.75, 3.05) is 41.3 Å². The molecule has 0 atom stereocenters. The molecule has 0 heterocycles. The number of carbonyl (C=O) groups is 1. The van der Waals surface area contributed by atoms with E-state index in [1.54, 1.807) is 14.1 Å². The van der Waals surface area contributed by atoms with E-state index in [0.717, 1.165) is 6.54 Å². The number of nitrogens with zero attached hydrogens (tertiary/aromatic N) is 1. The molecule has 4 nitrogen and oxygen atoms in total. The molecule has 1 N–H and O–H groups in total. The standard InChI is InChI=1S/C7H16N2O2/c1-8(2)5-6-11-7(10)9(3)4/h5-6H2,1-4H3/p+1. The van der Waals surface area contributed by atoms with Crippen LogP contribution in [0.15, 0.2) is 0 Å². The molecular weight excluding hydrogens is 144 g/mol. The third-order valence-electron chi connectivity index (χ3n) is 1.19. The number of carbonyl (C=O) groups excluding carboxylic acids is 1. The van der Waals surface area contributed by atoms with Gasteiger partial charge in [-0.3, -0.25) is 0 Å². The molecule has 11 heavy (non-hydrogen) atoms. The Hall–Kier alpha value is -0.770. The van der Waals surface area contributed by atoms with Crippen LogP contribution in [0, 0.1) is 0 Å². The minimum absolute atomic E-state index is 0.272. The Bertz CT molecular complexity index is 124. The zero-order chi connectivity index (χ0) is 8.85. The van der Waals surface area contributed by atoms with Gasteiger partial charge in [-0.1, -0.05) is 0 Å². The molecule has 4 heteroatoms. The number of amides is 1. The van der Waals surface area contributed by atoms with E-state index in [1.807, 2.05) is 14.1 Å². The van der Waals surface area contributed by atoms with Gasteiger partial charge in [0.1, 0.15) is 13.2 Å². The highest BCUT2D eigenvalue weighted by molar-refractivity contribution is 5.66. The number of likely N-dealkylation sites (N-methyl/N-ethyl adjacent to an activating group) is 1. The summed E-state index contributed by atoms with van der Waals surface area (Å²) in [6, 6.07) is 0. The molecular formula is C7H17N2O2+. The molecule has 0 spiro atoms. The van der Waals surface area contributed by atoms with Crippen LogP contribution in [0.4, 0.5) is 4.79 Å². The highest BCUT2D eigenvalue weighted by Gasteiger charge is 2.04. The summed E-state index contributed by atoms with van der Waals surface area (Å²) in [4.78, 5) is 13.5. The van der Waals surface area contributed by atoms with Gasteiger partial charge >= 0.3 is 6.09 Å². The van der Waals surface area contributed by atoms with Gasteiger partial charge in [-0.15, -0.1) is 0 Å². The van der Waals surface area contributed by atoms with Gasteiger partial charge in [0, 0.05) is 14.1 Å². The van der Waals surface area contributed by atoms with Crippen LogP contribution in [0.25, 0.3) is 0 Å². The number of quaternary nitrogens is 1. The molecule has 1 amide bonds. The van der Waals surface area contributed by atoms with Gasteiger partial charge in [-0.25, -0.2) is 4.79 Å². The monoisotopic (exact) mass is 161 g/mol. The maximum absolute atomic E-state index is 10.8. The van der Waals surface area contributed by atoms with Crippen LogP contribution in [0.5, 0.6) is 0 Å². The molecule has 0 unspecified atom stereocenters. The van der Waals surface area contributed by atoms with Crippen LogP contribution < -0.4 is 4.90 Å². The molecule has 66 valence electrons. The van der Waals surface area contributed by atoms with Crippen LogP contribution in [0.1, 0.15) is 0 Å². The summed E-state index contributed by atoms with van der Waals surface area (Å²) in [6.07, 6.45) is -0.272.